The molecule has 3 aliphatic rings. The molecule has 10 nitrogen and oxygen atoms in total. The van der Waals surface area contributed by atoms with Gasteiger partial charge in [-0.15, -0.1) is 0 Å². The van der Waals surface area contributed by atoms with Gasteiger partial charge in [-0.3, -0.25) is 43.5 Å². The molecule has 3 rings (SSSR count). The van der Waals surface area contributed by atoms with Gasteiger partial charge in [0.2, 0.25) is 0 Å². The first-order valence-electron chi connectivity index (χ1n) is 7.20. The topological polar surface area (TPSA) is 115 Å². The Balaban J connectivity index is 1.76. The summed E-state index contributed by atoms with van der Waals surface area (Å²) in [6, 6.07) is 0. The number of nitrogens with zero attached hydrogens (tertiary/aromatic N) is 4. The Morgan fingerprint density at radius 2 is 0.680 bits per heavy atom. The molecule has 0 saturated carbocycles. The highest BCUT2D eigenvalue weighted by Crippen LogP contribution is 2.12. The van der Waals surface area contributed by atoms with Gasteiger partial charge in [0.25, 0.3) is 35.4 Å². The molecule has 0 aromatic carbocycles. The van der Waals surface area contributed by atoms with Gasteiger partial charge >= 0.3 is 0 Å². The summed E-state index contributed by atoms with van der Waals surface area (Å²) in [6.45, 7) is -0.879. The largest absolute Gasteiger partial charge is 0.269 e. The minimum Gasteiger partial charge on any atom is -0.269 e. The van der Waals surface area contributed by atoms with Gasteiger partial charge in [0, 0.05) is 36.5 Å². The Bertz CT molecular complexity index is 637. The Morgan fingerprint density at radius 1 is 0.480 bits per heavy atom. The molecule has 128 valence electrons. The maximum atomic E-state index is 11.7. The van der Waals surface area contributed by atoms with Crippen LogP contribution in [0.3, 0.4) is 0 Å². The molecule has 0 bridgehead atoms. The van der Waals surface area contributed by atoms with Crippen molar-refractivity contribution in [2.45, 2.75) is 0 Å². The Kier molecular flexibility index (Phi) is 4.11. The van der Waals surface area contributed by atoms with Crippen molar-refractivity contribution in [2.24, 2.45) is 0 Å². The van der Waals surface area contributed by atoms with E-state index in [1.165, 1.54) is 4.90 Å². The molecule has 10 heteroatoms. The fourth-order valence-electron chi connectivity index (χ4n) is 2.45. The third-order valence-electron chi connectivity index (χ3n) is 3.73. The number of imide groups is 3. The van der Waals surface area contributed by atoms with Crippen LogP contribution in [0, 0.1) is 0 Å². The second-order valence-corrected chi connectivity index (χ2v) is 5.41. The van der Waals surface area contributed by atoms with Crippen LogP contribution in [-0.4, -0.2) is 75.0 Å². The molecule has 6 amide bonds. The van der Waals surface area contributed by atoms with Crippen molar-refractivity contribution >= 4 is 35.4 Å². The summed E-state index contributed by atoms with van der Waals surface area (Å²) < 4.78 is 0. The maximum Gasteiger partial charge on any atom is 0.254 e. The summed E-state index contributed by atoms with van der Waals surface area (Å²) in [5.74, 6) is -3.39. The summed E-state index contributed by atoms with van der Waals surface area (Å²) >= 11 is 0. The van der Waals surface area contributed by atoms with Crippen molar-refractivity contribution in [1.29, 1.82) is 0 Å². The number of hydrogen-bond donors (Lipinski definition) is 0. The van der Waals surface area contributed by atoms with Crippen molar-refractivity contribution in [3.8, 4) is 0 Å². The van der Waals surface area contributed by atoms with E-state index in [1.54, 1.807) is 0 Å². The number of carbonyl (C=O) groups excluding carboxylic acids is 6. The monoisotopic (exact) mass is 344 g/mol. The van der Waals surface area contributed by atoms with Crippen molar-refractivity contribution in [1.82, 2.24) is 19.6 Å². The maximum absolute atomic E-state index is 11.7. The van der Waals surface area contributed by atoms with Gasteiger partial charge in [0.05, 0.1) is 20.0 Å². The van der Waals surface area contributed by atoms with Crippen LogP contribution in [0.2, 0.25) is 0 Å². The SMILES string of the molecule is O=C1C=CC(=O)N1CN(CN1C(=O)C=CC1=O)CN1C(=O)C=CC1=O. The highest BCUT2D eigenvalue weighted by molar-refractivity contribution is 6.14. The highest BCUT2D eigenvalue weighted by Gasteiger charge is 2.33. The van der Waals surface area contributed by atoms with Crippen LogP contribution in [-0.2, 0) is 28.8 Å². The van der Waals surface area contributed by atoms with Gasteiger partial charge in [-0.2, -0.15) is 0 Å². The van der Waals surface area contributed by atoms with E-state index in [4.69, 9.17) is 0 Å². The molecule has 0 aromatic rings. The van der Waals surface area contributed by atoms with E-state index in [-0.39, 0.29) is 20.0 Å². The summed E-state index contributed by atoms with van der Waals surface area (Å²) in [5, 5.41) is 0. The summed E-state index contributed by atoms with van der Waals surface area (Å²) in [7, 11) is 0. The number of hydrogen-bond acceptors (Lipinski definition) is 7. The molecule has 0 saturated heterocycles. The van der Waals surface area contributed by atoms with Gasteiger partial charge in [0.15, 0.2) is 0 Å². The average Bonchev–Trinajstić information content (AvgIpc) is 3.17. The van der Waals surface area contributed by atoms with Crippen molar-refractivity contribution in [3.05, 3.63) is 36.5 Å². The molecule has 0 atom stereocenters. The predicted octanol–water partition coefficient (Wildman–Crippen LogP) is -2.06. The van der Waals surface area contributed by atoms with Gasteiger partial charge in [-0.1, -0.05) is 0 Å². The zero-order valence-electron chi connectivity index (χ0n) is 12.8. The molecule has 3 aliphatic heterocycles. The van der Waals surface area contributed by atoms with Crippen LogP contribution in [0.15, 0.2) is 36.5 Å². The van der Waals surface area contributed by atoms with Crippen LogP contribution < -0.4 is 0 Å². The lowest BCUT2D eigenvalue weighted by molar-refractivity contribution is -0.145. The number of amides is 6. The van der Waals surface area contributed by atoms with Crippen molar-refractivity contribution < 1.29 is 28.8 Å². The second-order valence-electron chi connectivity index (χ2n) is 5.41. The fraction of sp³-hybridized carbons (Fsp3) is 0.200. The molecule has 0 unspecified atom stereocenters. The van der Waals surface area contributed by atoms with E-state index >= 15 is 0 Å². The number of rotatable bonds is 6. The van der Waals surface area contributed by atoms with E-state index in [9.17, 15) is 28.8 Å². The van der Waals surface area contributed by atoms with Crippen molar-refractivity contribution in [3.63, 3.8) is 0 Å². The highest BCUT2D eigenvalue weighted by atomic mass is 16.2. The molecule has 0 fully saturated rings. The summed E-state index contributed by atoms with van der Waals surface area (Å²) in [5.41, 5.74) is 0. The Morgan fingerprint density at radius 3 is 0.880 bits per heavy atom. The molecule has 3 heterocycles. The van der Waals surface area contributed by atoms with E-state index in [1.807, 2.05) is 0 Å². The van der Waals surface area contributed by atoms with Crippen LogP contribution in [0.25, 0.3) is 0 Å². The van der Waals surface area contributed by atoms with E-state index in [0.717, 1.165) is 51.2 Å². The third-order valence-corrected chi connectivity index (χ3v) is 3.73. The minimum absolute atomic E-state index is 0.293. The lowest BCUT2D eigenvalue weighted by Gasteiger charge is -2.31. The summed E-state index contributed by atoms with van der Waals surface area (Å²) in [6.07, 6.45) is 6.51. The standard InChI is InChI=1S/C15H12N4O6/c20-10-1-2-11(21)17(10)7-16(8-18-12(22)3-4-13(18)23)9-19-14(24)5-6-15(19)25/h1-6H,7-9H2. The first-order chi connectivity index (χ1) is 11.9. The zero-order chi connectivity index (χ0) is 18.1. The smallest absolute Gasteiger partial charge is 0.254 e. The lowest BCUT2D eigenvalue weighted by Crippen LogP contribution is -2.52. The molecule has 0 aliphatic carbocycles. The van der Waals surface area contributed by atoms with Gasteiger partial charge in [-0.05, 0) is 0 Å². The van der Waals surface area contributed by atoms with Gasteiger partial charge < -0.3 is 0 Å². The Hall–Kier alpha value is -3.40. The zero-order valence-corrected chi connectivity index (χ0v) is 12.8. The molecule has 0 aromatic heterocycles. The molecule has 25 heavy (non-hydrogen) atoms. The molecule has 0 N–H and O–H groups in total. The lowest BCUT2D eigenvalue weighted by atomic mass is 10.5. The first kappa shape index (κ1) is 16.5. The minimum atomic E-state index is -0.565. The van der Waals surface area contributed by atoms with E-state index < -0.39 is 35.4 Å². The third kappa shape index (κ3) is 3.15. The van der Waals surface area contributed by atoms with Crippen LogP contribution in [0.4, 0.5) is 0 Å². The van der Waals surface area contributed by atoms with E-state index in [0.29, 0.717) is 0 Å². The van der Waals surface area contributed by atoms with E-state index in [2.05, 4.69) is 0 Å². The van der Waals surface area contributed by atoms with Crippen LogP contribution in [0.5, 0.6) is 0 Å². The molecule has 0 spiro atoms. The molecule has 0 radical (unpaired) electrons. The van der Waals surface area contributed by atoms with Gasteiger partial charge in [0.1, 0.15) is 0 Å². The quantitative estimate of drug-likeness (QED) is 0.509. The van der Waals surface area contributed by atoms with Crippen molar-refractivity contribution in [2.75, 3.05) is 20.0 Å². The Labute approximate surface area is 141 Å². The second kappa shape index (κ2) is 6.24. The van der Waals surface area contributed by atoms with Crippen LogP contribution >= 0.6 is 0 Å². The molecular formula is C15H12N4O6. The number of carbonyl (C=O) groups is 6. The average molecular weight is 344 g/mol. The fourth-order valence-corrected chi connectivity index (χ4v) is 2.45. The van der Waals surface area contributed by atoms with Crippen LogP contribution in [0.1, 0.15) is 0 Å². The predicted molar refractivity (Wildman–Crippen MR) is 79.4 cm³/mol. The first-order valence-corrected chi connectivity index (χ1v) is 7.20. The molecular weight excluding hydrogens is 332 g/mol. The van der Waals surface area contributed by atoms with Gasteiger partial charge in [-0.25, -0.2) is 4.90 Å². The normalized spacial score (nSPS) is 19.8. The summed E-state index contributed by atoms with van der Waals surface area (Å²) in [4.78, 5) is 74.3.